The van der Waals surface area contributed by atoms with Gasteiger partial charge in [0.2, 0.25) is 5.91 Å². The quantitative estimate of drug-likeness (QED) is 0.195. The van der Waals surface area contributed by atoms with E-state index in [2.05, 4.69) is 20.0 Å². The minimum atomic E-state index is -1.41. The second-order valence-electron chi connectivity index (χ2n) is 11.4. The van der Waals surface area contributed by atoms with E-state index in [9.17, 15) is 18.8 Å². The van der Waals surface area contributed by atoms with Gasteiger partial charge in [-0.1, -0.05) is 11.3 Å². The molecule has 0 saturated carbocycles. The zero-order chi connectivity index (χ0) is 34.2. The molecule has 4 heterocycles. The van der Waals surface area contributed by atoms with Crippen molar-refractivity contribution < 1.29 is 19.0 Å². The van der Waals surface area contributed by atoms with Crippen LogP contribution in [0.4, 0.5) is 4.39 Å². The van der Waals surface area contributed by atoms with Crippen LogP contribution in [0, 0.1) is 12.7 Å². The molecule has 4 aromatic rings. The smallest absolute Gasteiger partial charge is 0.333 e. The maximum atomic E-state index is 14.0. The monoisotopic (exact) mass is 789 g/mol. The van der Waals surface area contributed by atoms with Crippen molar-refractivity contribution in [1.29, 1.82) is 0 Å². The van der Waals surface area contributed by atoms with Crippen LogP contribution in [-0.4, -0.2) is 92.4 Å². The summed E-state index contributed by atoms with van der Waals surface area (Å²) in [5, 5.41) is 17.5. The molecule has 1 aromatic carbocycles. The number of aliphatic hydroxyl groups is 1. The van der Waals surface area contributed by atoms with Gasteiger partial charge >= 0.3 is 5.69 Å². The first-order chi connectivity index (χ1) is 21.9. The van der Waals surface area contributed by atoms with Gasteiger partial charge < -0.3 is 19.6 Å². The van der Waals surface area contributed by atoms with E-state index in [1.54, 1.807) is 31.7 Å². The number of hydrogen-bond acceptors (Lipinski definition) is 10. The number of nitrogens with zero attached hydrogens (tertiary/aromatic N) is 7. The number of aryl methyl sites for hydroxylation is 3. The zero-order valence-corrected chi connectivity index (χ0v) is 30.7. The molecule has 0 unspecified atom stereocenters. The van der Waals surface area contributed by atoms with Crippen LogP contribution in [0.25, 0.3) is 15.2 Å². The van der Waals surface area contributed by atoms with Crippen LogP contribution in [0.3, 0.4) is 0 Å². The molecule has 12 nitrogen and oxygen atoms in total. The molecule has 1 N–H and O–H groups in total. The Morgan fingerprint density at radius 1 is 1.17 bits per heavy atom. The summed E-state index contributed by atoms with van der Waals surface area (Å²) in [6.45, 7) is 7.35. The number of thiol groups is 1. The second kappa shape index (κ2) is 16.9. The lowest BCUT2D eigenvalue weighted by Crippen LogP contribution is -2.56. The molecule has 0 spiro atoms. The number of carbonyl (C=O) groups is 1. The highest BCUT2D eigenvalue weighted by atomic mass is 127. The third-order valence-electron chi connectivity index (χ3n) is 7.66. The summed E-state index contributed by atoms with van der Waals surface area (Å²) < 4.78 is 22.0. The van der Waals surface area contributed by atoms with Crippen LogP contribution in [0.15, 0.2) is 40.2 Å². The molecule has 3 aromatic heterocycles. The standard InChI is InChI=1S/C26H29FN6O4S.C4H11NO.HIS/c1-16-20-21(34)32(26(2,3)24(35)30-12-5-6-13-30)25(36)31(23(20)38-22(16)33-28-10-11-29-33)14-9-17-15-18(27)7-8-19(17)37-4;1-5(2)3-4-6;1-2/h7-8,10-11,15H,5-6,9,12-14H2,1-4H3;6H,3-4H2,1-2H3;2H. The van der Waals surface area contributed by atoms with Crippen LogP contribution < -0.4 is 16.0 Å². The molecule has 252 valence electrons. The van der Waals surface area contributed by atoms with Crippen molar-refractivity contribution in [2.24, 2.45) is 0 Å². The molecule has 1 fully saturated rings. The summed E-state index contributed by atoms with van der Waals surface area (Å²) in [5.74, 6) is -0.189. The molecular formula is C30H41FIN7O5S2. The lowest BCUT2D eigenvalue weighted by atomic mass is 10.0. The summed E-state index contributed by atoms with van der Waals surface area (Å²) in [7, 11) is 8.85. The molecule has 1 saturated heterocycles. The fourth-order valence-electron chi connectivity index (χ4n) is 5.31. The van der Waals surface area contributed by atoms with Crippen molar-refractivity contribution in [2.75, 3.05) is 47.4 Å². The first kappa shape index (κ1) is 37.7. The highest BCUT2D eigenvalue weighted by Crippen LogP contribution is 2.31. The van der Waals surface area contributed by atoms with Crippen molar-refractivity contribution in [1.82, 2.24) is 33.9 Å². The highest BCUT2D eigenvalue weighted by molar-refractivity contribution is 14.2. The maximum absolute atomic E-state index is 14.0. The molecule has 46 heavy (non-hydrogen) atoms. The van der Waals surface area contributed by atoms with E-state index in [0.29, 0.717) is 45.2 Å². The Morgan fingerprint density at radius 3 is 2.35 bits per heavy atom. The van der Waals surface area contributed by atoms with Gasteiger partial charge in [-0.3, -0.25) is 14.2 Å². The van der Waals surface area contributed by atoms with Crippen molar-refractivity contribution in [3.63, 3.8) is 0 Å². The molecule has 1 aliphatic rings. The maximum Gasteiger partial charge on any atom is 0.333 e. The lowest BCUT2D eigenvalue weighted by molar-refractivity contribution is -0.138. The SMILES string of the molecule is CN(C)CCO.COc1ccc(F)cc1CCn1c(=O)n(C(C)(C)C(=O)N2CCCC2)c(=O)c2c(C)c(-n3nccn3)sc21.SI. The van der Waals surface area contributed by atoms with Crippen molar-refractivity contribution in [2.45, 2.75) is 52.1 Å². The van der Waals surface area contributed by atoms with Gasteiger partial charge in [0.15, 0.2) is 0 Å². The van der Waals surface area contributed by atoms with E-state index >= 15 is 0 Å². The Morgan fingerprint density at radius 2 is 1.80 bits per heavy atom. The van der Waals surface area contributed by atoms with Crippen LogP contribution in [0.1, 0.15) is 37.8 Å². The van der Waals surface area contributed by atoms with Crippen LogP contribution in [0.5, 0.6) is 5.75 Å². The predicted molar refractivity (Wildman–Crippen MR) is 190 cm³/mol. The predicted octanol–water partition coefficient (Wildman–Crippen LogP) is 3.67. The van der Waals surface area contributed by atoms with Gasteiger partial charge in [0.25, 0.3) is 5.56 Å². The number of ether oxygens (including phenoxy) is 1. The summed E-state index contributed by atoms with van der Waals surface area (Å²) >= 11 is 3.07. The van der Waals surface area contributed by atoms with Gasteiger partial charge in [-0.05, 0) is 99.1 Å². The Hall–Kier alpha value is -2.80. The van der Waals surface area contributed by atoms with E-state index < -0.39 is 22.6 Å². The second-order valence-corrected chi connectivity index (χ2v) is 12.4. The molecule has 0 atom stereocenters. The minimum Gasteiger partial charge on any atom is -0.496 e. The highest BCUT2D eigenvalue weighted by Gasteiger charge is 2.39. The van der Waals surface area contributed by atoms with E-state index in [4.69, 9.17) is 9.84 Å². The van der Waals surface area contributed by atoms with Gasteiger partial charge in [0.1, 0.15) is 26.9 Å². The average Bonchev–Trinajstić information content (AvgIpc) is 3.80. The lowest BCUT2D eigenvalue weighted by Gasteiger charge is -2.31. The molecule has 0 aliphatic carbocycles. The first-order valence-electron chi connectivity index (χ1n) is 14.6. The number of aromatic nitrogens is 5. The zero-order valence-electron chi connectivity index (χ0n) is 26.9. The number of fused-ring (bicyclic) bond motifs is 1. The normalized spacial score (nSPS) is 13.0. The number of thiophene rings is 1. The van der Waals surface area contributed by atoms with Gasteiger partial charge in [-0.2, -0.15) is 10.2 Å². The largest absolute Gasteiger partial charge is 0.496 e. The number of likely N-dealkylation sites (tertiary alicyclic amines) is 1. The fourth-order valence-corrected chi connectivity index (χ4v) is 6.55. The number of carbonyl (C=O) groups excluding carboxylic acids is 1. The van der Waals surface area contributed by atoms with Gasteiger partial charge in [0.05, 0.1) is 31.5 Å². The number of benzene rings is 1. The first-order valence-corrected chi connectivity index (χ1v) is 18.7. The van der Waals surface area contributed by atoms with Crippen molar-refractivity contribution >= 4 is 58.5 Å². The van der Waals surface area contributed by atoms with Crippen LogP contribution in [-0.2, 0) is 23.3 Å². The summed E-state index contributed by atoms with van der Waals surface area (Å²) in [6.07, 6.45) is 5.10. The van der Waals surface area contributed by atoms with Gasteiger partial charge in [-0.15, -0.1) is 14.6 Å². The number of hydrogen-bond donors (Lipinski definition) is 2. The van der Waals surface area contributed by atoms with E-state index in [1.807, 2.05) is 40.2 Å². The molecule has 16 heteroatoms. The average molecular weight is 790 g/mol. The number of likely N-dealkylation sites (N-methyl/N-ethyl adjacent to an activating group) is 1. The Bertz CT molecular complexity index is 1730. The number of halogens is 2. The molecule has 0 radical (unpaired) electrons. The van der Waals surface area contributed by atoms with Gasteiger partial charge in [-0.25, -0.2) is 13.8 Å². The number of rotatable bonds is 9. The van der Waals surface area contributed by atoms with Crippen LogP contribution >= 0.6 is 42.3 Å². The van der Waals surface area contributed by atoms with Crippen molar-refractivity contribution in [3.8, 4) is 10.8 Å². The fraction of sp³-hybridized carbons (Fsp3) is 0.500. The van der Waals surface area contributed by atoms with Crippen molar-refractivity contribution in [3.05, 3.63) is 68.4 Å². The number of aliphatic hydroxyl groups excluding tert-OH is 1. The Labute approximate surface area is 288 Å². The minimum absolute atomic E-state index is 0.134. The summed E-state index contributed by atoms with van der Waals surface area (Å²) in [5.41, 5.74) is -1.35. The molecule has 1 aliphatic heterocycles. The Kier molecular flexibility index (Phi) is 13.8. The molecule has 5 rings (SSSR count). The molecule has 1 amide bonds. The number of amides is 1. The van der Waals surface area contributed by atoms with Crippen LogP contribution in [0.2, 0.25) is 0 Å². The van der Waals surface area contributed by atoms with E-state index in [1.165, 1.54) is 52.3 Å². The van der Waals surface area contributed by atoms with E-state index in [-0.39, 0.29) is 25.5 Å². The Balaban J connectivity index is 0.000000648. The van der Waals surface area contributed by atoms with E-state index in [0.717, 1.165) is 24.0 Å². The topological polar surface area (TPSA) is 128 Å². The third-order valence-corrected chi connectivity index (χ3v) is 8.94. The van der Waals surface area contributed by atoms with Gasteiger partial charge in [0, 0.05) is 31.7 Å². The molecule has 0 bridgehead atoms. The summed E-state index contributed by atoms with van der Waals surface area (Å²) in [4.78, 5) is 47.0. The third kappa shape index (κ3) is 8.18. The number of methoxy groups -OCH3 is 1. The molecular weight excluding hydrogens is 748 g/mol. The summed E-state index contributed by atoms with van der Waals surface area (Å²) in [6, 6.07) is 4.22.